The third-order valence-electron chi connectivity index (χ3n) is 17.2. The van der Waals surface area contributed by atoms with Crippen LogP contribution in [0.5, 0.6) is 0 Å². The highest BCUT2D eigenvalue weighted by Gasteiger charge is 2.56. The van der Waals surface area contributed by atoms with Gasteiger partial charge in [-0.05, 0) is 178 Å². The summed E-state index contributed by atoms with van der Waals surface area (Å²) in [5, 5.41) is 44.1. The molecular weight excluding hydrogens is 958 g/mol. The first-order valence-electron chi connectivity index (χ1n) is 26.1. The molecule has 1 amide bonds. The van der Waals surface area contributed by atoms with Gasteiger partial charge >= 0.3 is 5.97 Å². The Hall–Kier alpha value is -6.25. The van der Waals surface area contributed by atoms with Crippen molar-refractivity contribution in [2.24, 2.45) is 22.7 Å². The molecule has 388 valence electrons. The summed E-state index contributed by atoms with van der Waals surface area (Å²) in [6.07, 6.45) is 19.7. The summed E-state index contributed by atoms with van der Waals surface area (Å²) in [5.74, 6) is -0.777. The Morgan fingerprint density at radius 3 is 1.47 bits per heavy atom. The second-order valence-electron chi connectivity index (χ2n) is 21.7. The average Bonchev–Trinajstić information content (AvgIpc) is 4.32. The Kier molecular flexibility index (Phi) is 15.1. The Bertz CT molecular complexity index is 3090. The van der Waals surface area contributed by atoms with E-state index in [9.17, 15) is 28.6 Å². The molecule has 2 aromatic heterocycles. The first-order valence-corrected chi connectivity index (χ1v) is 26.1. The molecule has 0 unspecified atom stereocenters. The van der Waals surface area contributed by atoms with Gasteiger partial charge in [0.2, 0.25) is 5.91 Å². The molecule has 4 fully saturated rings. The number of aliphatic hydroxyl groups is 2. The fourth-order valence-corrected chi connectivity index (χ4v) is 11.9. The average molecular weight is 1030 g/mol. The fraction of sp³-hybridized carbons (Fsp3) is 0.400. The summed E-state index contributed by atoms with van der Waals surface area (Å²) < 4.78 is 30.5. The molecule has 11 nitrogen and oxygen atoms in total. The number of rotatable bonds is 13. The second-order valence-corrected chi connectivity index (χ2v) is 21.7. The van der Waals surface area contributed by atoms with Gasteiger partial charge in [0.25, 0.3) is 0 Å². The first kappa shape index (κ1) is 52.6. The topological polar surface area (TPSA) is 170 Å². The van der Waals surface area contributed by atoms with Crippen LogP contribution in [-0.4, -0.2) is 58.0 Å². The largest absolute Gasteiger partial charge is 1.00 e. The van der Waals surface area contributed by atoms with E-state index in [4.69, 9.17) is 5.11 Å². The number of aliphatic carboxylic acids is 1. The van der Waals surface area contributed by atoms with Gasteiger partial charge in [0.05, 0.1) is 58.8 Å². The number of quaternary nitrogens is 1. The fourth-order valence-electron chi connectivity index (χ4n) is 11.9. The van der Waals surface area contributed by atoms with Gasteiger partial charge in [-0.1, -0.05) is 73.5 Å². The number of aryl methyl sites for hydroxylation is 2. The predicted octanol–water partition coefficient (Wildman–Crippen LogP) is 6.48. The number of carboxylic acids is 1. The Morgan fingerprint density at radius 2 is 1.07 bits per heavy atom. The number of nitrogens with zero attached hydrogens (tertiary/aromatic N) is 4. The lowest BCUT2D eigenvalue weighted by Crippen LogP contribution is -3.00. The molecule has 2 heterocycles. The van der Waals surface area contributed by atoms with Gasteiger partial charge in [-0.15, -0.1) is 0 Å². The van der Waals surface area contributed by atoms with E-state index in [0.717, 1.165) is 129 Å². The SMILES string of the molecule is C[C@]12Cc3cnn(-c4ccc(F)cc4)c3C=C1CC[C@@]2(O)CCc1ccccc1CNC(=O)C1CC1.C[C@]12Cc3cnn(-c4ccc(F)cc4)c3C=C1CC[C@@]2(O)CCc1ccccc1C[NH3+].O=C(O)C1CC1.[Cl-]. The van der Waals surface area contributed by atoms with Crippen molar-refractivity contribution in [3.63, 3.8) is 0 Å². The van der Waals surface area contributed by atoms with Gasteiger partial charge in [0, 0.05) is 28.9 Å². The highest BCUT2D eigenvalue weighted by Crippen LogP contribution is 2.58. The predicted molar refractivity (Wildman–Crippen MR) is 276 cm³/mol. The maximum atomic E-state index is 13.4. The van der Waals surface area contributed by atoms with Crippen LogP contribution in [-0.2, 0) is 48.4 Å². The number of benzene rings is 4. The molecular formula is C60H67ClF2N6O5. The number of carboxylic acid groups (broad SMARTS) is 1. The van der Waals surface area contributed by atoms with Crippen molar-refractivity contribution in [2.45, 2.75) is 128 Å². The number of hydrogen-bond acceptors (Lipinski definition) is 6. The zero-order valence-corrected chi connectivity index (χ0v) is 43.1. The Labute approximate surface area is 438 Å². The van der Waals surface area contributed by atoms with E-state index in [2.05, 4.69) is 83.6 Å². The van der Waals surface area contributed by atoms with Crippen molar-refractivity contribution in [2.75, 3.05) is 0 Å². The van der Waals surface area contributed by atoms with Crippen LogP contribution >= 0.6 is 0 Å². The molecule has 0 aliphatic heterocycles. The number of amides is 1. The second kappa shape index (κ2) is 21.2. The number of fused-ring (bicyclic) bond motifs is 4. The summed E-state index contributed by atoms with van der Waals surface area (Å²) >= 11 is 0. The molecule has 0 bridgehead atoms. The standard InChI is InChI=1S/C30H32FN3O2.C26H28FN3O.C4H6O2.ClH/c1-29-17-23-19-33-34(26-10-8-25(31)9-11-26)27(23)16-24(29)13-15-30(29,36)14-12-20-4-2-3-5-22(20)18-32-28(35)21-6-7-21;1-25-15-20-17-29-30(23-8-6-22(27)7-9-23)24(20)14-21(25)11-13-26(25,31)12-10-18-4-2-3-5-19(18)16-28;5-4(6)3-1-2-3;/h2-5,8-11,16,19,21,36H,6-7,12-15,17-18H2,1H3,(H,32,35);2-9,14,17,31H,10-13,15-16,28H2,1H3;3H,1-2H2,(H,5,6);1H/t29-,30-;25-,26-;;/m00../s1. The van der Waals surface area contributed by atoms with Crippen LogP contribution < -0.4 is 23.5 Å². The molecule has 6 aliphatic rings. The van der Waals surface area contributed by atoms with Crippen LogP contribution in [0, 0.1) is 34.3 Å². The molecule has 14 heteroatoms. The van der Waals surface area contributed by atoms with E-state index in [-0.39, 0.29) is 52.6 Å². The lowest BCUT2D eigenvalue weighted by atomic mass is 9.65. The maximum Gasteiger partial charge on any atom is 0.306 e. The highest BCUT2D eigenvalue weighted by atomic mass is 35.5. The van der Waals surface area contributed by atoms with Crippen molar-refractivity contribution in [1.82, 2.24) is 24.9 Å². The smallest absolute Gasteiger partial charge is 0.306 e. The summed E-state index contributed by atoms with van der Waals surface area (Å²) in [5.41, 5.74) is 15.2. The summed E-state index contributed by atoms with van der Waals surface area (Å²) in [6.45, 7) is 5.70. The van der Waals surface area contributed by atoms with Gasteiger partial charge in [-0.3, -0.25) is 9.59 Å². The molecule has 7 N–H and O–H groups in total. The highest BCUT2D eigenvalue weighted by molar-refractivity contribution is 5.80. The maximum absolute atomic E-state index is 13.4. The molecule has 12 rings (SSSR count). The molecule has 74 heavy (non-hydrogen) atoms. The molecule has 6 aromatic rings. The van der Waals surface area contributed by atoms with Gasteiger partial charge < -0.3 is 38.8 Å². The lowest BCUT2D eigenvalue weighted by molar-refractivity contribution is -0.386. The van der Waals surface area contributed by atoms with Gasteiger partial charge in [0.15, 0.2) is 0 Å². The van der Waals surface area contributed by atoms with Crippen molar-refractivity contribution in [3.05, 3.63) is 177 Å². The summed E-state index contributed by atoms with van der Waals surface area (Å²) in [7, 11) is 0. The molecule has 4 aromatic carbocycles. The Balaban J connectivity index is 0.000000162. The monoisotopic (exact) mass is 1020 g/mol. The zero-order valence-electron chi connectivity index (χ0n) is 42.3. The molecule has 6 aliphatic carbocycles. The van der Waals surface area contributed by atoms with E-state index in [0.29, 0.717) is 13.0 Å². The van der Waals surface area contributed by atoms with Crippen LogP contribution in [0.15, 0.2) is 121 Å². The number of carbonyl (C=O) groups is 2. The summed E-state index contributed by atoms with van der Waals surface area (Å²) in [4.78, 5) is 21.9. The van der Waals surface area contributed by atoms with E-state index < -0.39 is 17.2 Å². The third-order valence-corrected chi connectivity index (χ3v) is 17.2. The Morgan fingerprint density at radius 1 is 0.649 bits per heavy atom. The van der Waals surface area contributed by atoms with Crippen LogP contribution in [0.1, 0.15) is 123 Å². The van der Waals surface area contributed by atoms with Gasteiger partial charge in [-0.25, -0.2) is 18.1 Å². The normalized spacial score (nSPS) is 24.0. The van der Waals surface area contributed by atoms with Crippen LogP contribution in [0.4, 0.5) is 8.78 Å². The number of halogens is 3. The lowest BCUT2D eigenvalue weighted by Gasteiger charge is -2.42. The minimum Gasteiger partial charge on any atom is -1.00 e. The molecule has 4 saturated carbocycles. The number of carbonyl (C=O) groups excluding carboxylic acids is 1. The van der Waals surface area contributed by atoms with Crippen LogP contribution in [0.25, 0.3) is 23.5 Å². The minimum atomic E-state index is -0.821. The third kappa shape index (κ3) is 10.4. The van der Waals surface area contributed by atoms with Crippen molar-refractivity contribution in [1.29, 1.82) is 0 Å². The molecule has 0 radical (unpaired) electrons. The van der Waals surface area contributed by atoms with Crippen molar-refractivity contribution >= 4 is 24.0 Å². The quantitative estimate of drug-likeness (QED) is 0.0882. The van der Waals surface area contributed by atoms with E-state index >= 15 is 0 Å². The molecule has 0 spiro atoms. The van der Waals surface area contributed by atoms with E-state index in [1.54, 1.807) is 24.3 Å². The van der Waals surface area contributed by atoms with E-state index in [1.165, 1.54) is 52.1 Å². The van der Waals surface area contributed by atoms with Crippen molar-refractivity contribution in [3.8, 4) is 11.4 Å². The van der Waals surface area contributed by atoms with Crippen LogP contribution in [0.2, 0.25) is 0 Å². The zero-order chi connectivity index (χ0) is 51.1. The molecule has 0 saturated heterocycles. The van der Waals surface area contributed by atoms with Crippen LogP contribution in [0.3, 0.4) is 0 Å². The van der Waals surface area contributed by atoms with E-state index in [1.807, 2.05) is 33.9 Å². The number of nitrogens with one attached hydrogen (secondary N) is 1. The first-order chi connectivity index (χ1) is 35.1. The molecule has 4 atom stereocenters. The number of hydrogen-bond donors (Lipinski definition) is 5. The van der Waals surface area contributed by atoms with Gasteiger partial charge in [-0.2, -0.15) is 10.2 Å². The summed E-state index contributed by atoms with van der Waals surface area (Å²) in [6, 6.07) is 29.4. The van der Waals surface area contributed by atoms with Crippen molar-refractivity contribution < 1.29 is 51.8 Å². The number of aromatic nitrogens is 4. The van der Waals surface area contributed by atoms with Gasteiger partial charge in [0.1, 0.15) is 11.6 Å². The minimum absolute atomic E-state index is 0.